The first-order chi connectivity index (χ1) is 17.3. The number of ether oxygens (including phenoxy) is 2. The molecule has 3 unspecified atom stereocenters. The number of rotatable bonds is 15. The average Bonchev–Trinajstić information content (AvgIpc) is 2.82. The number of ketones is 1. The Bertz CT molecular complexity index is 878. The van der Waals surface area contributed by atoms with Crippen LogP contribution in [0.4, 0.5) is 0 Å². The molecule has 0 aliphatic carbocycles. The average molecular weight is 515 g/mol. The molecule has 37 heavy (non-hydrogen) atoms. The largest absolute Gasteiger partial charge is 0.487 e. The Hall–Kier alpha value is -1.51. The quantitative estimate of drug-likeness (QED) is 0.218. The molecule has 0 fully saturated rings. The Kier molecular flexibility index (Phi) is 12.0. The number of unbranched alkanes of at least 4 members (excludes halogenated alkanes) is 2. The van der Waals surface area contributed by atoms with Crippen molar-refractivity contribution in [2.24, 2.45) is 17.3 Å². The first kappa shape index (κ1) is 31.7. The van der Waals surface area contributed by atoms with Gasteiger partial charge in [-0.05, 0) is 81.9 Å². The molecule has 0 amide bonds. The van der Waals surface area contributed by atoms with Gasteiger partial charge in [-0.3, -0.25) is 4.79 Å². The van der Waals surface area contributed by atoms with E-state index >= 15 is 0 Å². The third kappa shape index (κ3) is 9.32. The molecule has 1 aromatic rings. The van der Waals surface area contributed by atoms with Gasteiger partial charge in [0.2, 0.25) is 0 Å². The summed E-state index contributed by atoms with van der Waals surface area (Å²) < 4.78 is 12.9. The first-order valence-corrected chi connectivity index (χ1v) is 15.3. The highest BCUT2D eigenvalue weighted by Gasteiger charge is 2.34. The maximum Gasteiger partial charge on any atom is 0.175 e. The predicted molar refractivity (Wildman–Crippen MR) is 158 cm³/mol. The Morgan fingerprint density at radius 3 is 2.11 bits per heavy atom. The zero-order chi connectivity index (χ0) is 27.8. The first-order valence-electron chi connectivity index (χ1n) is 15.3. The number of carbonyl (C=O) groups excluding carboxylic acids is 1. The minimum atomic E-state index is -0.389. The number of fused-ring (bicyclic) bond motifs is 1. The lowest BCUT2D eigenvalue weighted by atomic mass is 9.83. The standard InChI is InChI=1S/C34H58O3/c1-11-12-13-16-24(2)17-14-18-25(3)19-15-21-34(10)22-20-29-28(6)31(26(4)27(5)32(29)37-34)36-23-30(35)33(7,8)9/h24-25H,11-23H2,1-10H3. The number of hydrogen-bond acceptors (Lipinski definition) is 3. The van der Waals surface area contributed by atoms with E-state index < -0.39 is 0 Å². The molecule has 1 aliphatic heterocycles. The maximum absolute atomic E-state index is 12.5. The van der Waals surface area contributed by atoms with Crippen LogP contribution in [-0.2, 0) is 11.2 Å². The van der Waals surface area contributed by atoms with Crippen LogP contribution in [-0.4, -0.2) is 18.0 Å². The summed E-state index contributed by atoms with van der Waals surface area (Å²) in [6.07, 6.45) is 15.3. The summed E-state index contributed by atoms with van der Waals surface area (Å²) in [5.41, 5.74) is 4.17. The molecule has 1 heterocycles. The highest BCUT2D eigenvalue weighted by Crippen LogP contribution is 2.45. The molecule has 0 radical (unpaired) electrons. The Morgan fingerprint density at radius 1 is 0.919 bits per heavy atom. The summed E-state index contributed by atoms with van der Waals surface area (Å²) in [6, 6.07) is 0. The van der Waals surface area contributed by atoms with Crippen LogP contribution in [0.5, 0.6) is 11.5 Å². The van der Waals surface area contributed by atoms with Crippen molar-refractivity contribution in [2.75, 3.05) is 6.61 Å². The smallest absolute Gasteiger partial charge is 0.175 e. The van der Waals surface area contributed by atoms with E-state index in [1.165, 1.54) is 63.4 Å². The van der Waals surface area contributed by atoms with Crippen molar-refractivity contribution < 1.29 is 14.3 Å². The van der Waals surface area contributed by atoms with E-state index in [9.17, 15) is 4.79 Å². The van der Waals surface area contributed by atoms with Crippen LogP contribution in [0.25, 0.3) is 0 Å². The van der Waals surface area contributed by atoms with Gasteiger partial charge in [0.05, 0.1) is 0 Å². The van der Waals surface area contributed by atoms with Crippen molar-refractivity contribution in [1.29, 1.82) is 0 Å². The van der Waals surface area contributed by atoms with Gasteiger partial charge in [0.25, 0.3) is 0 Å². The van der Waals surface area contributed by atoms with Gasteiger partial charge in [-0.25, -0.2) is 0 Å². The van der Waals surface area contributed by atoms with Gasteiger partial charge in [0, 0.05) is 11.0 Å². The van der Waals surface area contributed by atoms with E-state index in [4.69, 9.17) is 9.47 Å². The highest BCUT2D eigenvalue weighted by molar-refractivity contribution is 5.85. The zero-order valence-electron chi connectivity index (χ0n) is 26.1. The fourth-order valence-corrected chi connectivity index (χ4v) is 5.70. The maximum atomic E-state index is 12.5. The second-order valence-corrected chi connectivity index (χ2v) is 13.6. The number of benzene rings is 1. The van der Waals surface area contributed by atoms with E-state index in [1.807, 2.05) is 20.8 Å². The van der Waals surface area contributed by atoms with Gasteiger partial charge < -0.3 is 9.47 Å². The Labute approximate surface area is 229 Å². The Balaban J connectivity index is 1.90. The lowest BCUT2D eigenvalue weighted by Gasteiger charge is -2.38. The third-order valence-electron chi connectivity index (χ3n) is 8.84. The molecule has 212 valence electrons. The molecule has 0 saturated carbocycles. The summed E-state index contributed by atoms with van der Waals surface area (Å²) in [4.78, 5) is 12.5. The molecule has 3 nitrogen and oxygen atoms in total. The molecule has 0 spiro atoms. The van der Waals surface area contributed by atoms with Crippen LogP contribution in [0, 0.1) is 38.0 Å². The minimum Gasteiger partial charge on any atom is -0.487 e. The van der Waals surface area contributed by atoms with Crippen LogP contribution in [0.3, 0.4) is 0 Å². The SMILES string of the molecule is CCCCCC(C)CCCC(C)CCCC1(C)CCc2c(C)c(OCC(=O)C(C)(C)C)c(C)c(C)c2O1. The second kappa shape index (κ2) is 14.0. The number of hydrogen-bond donors (Lipinski definition) is 0. The molecule has 0 bridgehead atoms. The fraction of sp³-hybridized carbons (Fsp3) is 0.794. The number of Topliss-reactive ketones (excluding diaryl/α,β-unsaturated/α-hetero) is 1. The molecule has 1 aliphatic rings. The predicted octanol–water partition coefficient (Wildman–Crippen LogP) is 9.88. The van der Waals surface area contributed by atoms with Crippen molar-refractivity contribution in [1.82, 2.24) is 0 Å². The molecular weight excluding hydrogens is 456 g/mol. The van der Waals surface area contributed by atoms with E-state index in [1.54, 1.807) is 0 Å². The monoisotopic (exact) mass is 514 g/mol. The van der Waals surface area contributed by atoms with Gasteiger partial charge >= 0.3 is 0 Å². The number of carbonyl (C=O) groups is 1. The Morgan fingerprint density at radius 2 is 1.51 bits per heavy atom. The van der Waals surface area contributed by atoms with E-state index in [0.717, 1.165) is 59.3 Å². The van der Waals surface area contributed by atoms with Crippen molar-refractivity contribution >= 4 is 5.78 Å². The van der Waals surface area contributed by atoms with Crippen molar-refractivity contribution in [3.8, 4) is 11.5 Å². The van der Waals surface area contributed by atoms with Crippen LogP contribution in [0.2, 0.25) is 0 Å². The molecular formula is C34H58O3. The van der Waals surface area contributed by atoms with Crippen molar-refractivity contribution in [3.63, 3.8) is 0 Å². The van der Waals surface area contributed by atoms with E-state index in [2.05, 4.69) is 48.5 Å². The van der Waals surface area contributed by atoms with Gasteiger partial charge in [-0.2, -0.15) is 0 Å². The zero-order valence-corrected chi connectivity index (χ0v) is 26.1. The molecule has 3 heteroatoms. The summed E-state index contributed by atoms with van der Waals surface area (Å²) in [6.45, 7) is 21.8. The van der Waals surface area contributed by atoms with Crippen LogP contribution < -0.4 is 9.47 Å². The molecule has 1 aromatic carbocycles. The minimum absolute atomic E-state index is 0.102. The van der Waals surface area contributed by atoms with Crippen LogP contribution in [0.1, 0.15) is 141 Å². The molecule has 0 saturated heterocycles. The molecule has 0 aromatic heterocycles. The summed E-state index contributed by atoms with van der Waals surface area (Å²) in [5, 5.41) is 0. The van der Waals surface area contributed by atoms with Gasteiger partial charge in [-0.1, -0.05) is 92.9 Å². The summed E-state index contributed by atoms with van der Waals surface area (Å²) >= 11 is 0. The van der Waals surface area contributed by atoms with Gasteiger partial charge in [0.1, 0.15) is 23.7 Å². The van der Waals surface area contributed by atoms with Crippen molar-refractivity contribution in [3.05, 3.63) is 22.3 Å². The summed E-state index contributed by atoms with van der Waals surface area (Å²) in [7, 11) is 0. The van der Waals surface area contributed by atoms with Gasteiger partial charge in [-0.15, -0.1) is 0 Å². The fourth-order valence-electron chi connectivity index (χ4n) is 5.70. The normalized spacial score (nSPS) is 19.2. The molecule has 0 N–H and O–H groups in total. The van der Waals surface area contributed by atoms with E-state index in [-0.39, 0.29) is 23.4 Å². The van der Waals surface area contributed by atoms with Crippen molar-refractivity contribution in [2.45, 2.75) is 152 Å². The highest BCUT2D eigenvalue weighted by atomic mass is 16.5. The van der Waals surface area contributed by atoms with Crippen LogP contribution in [0.15, 0.2) is 0 Å². The lowest BCUT2D eigenvalue weighted by Crippen LogP contribution is -2.37. The molecule has 2 rings (SSSR count). The van der Waals surface area contributed by atoms with E-state index in [0.29, 0.717) is 0 Å². The van der Waals surface area contributed by atoms with Gasteiger partial charge in [0.15, 0.2) is 5.78 Å². The van der Waals surface area contributed by atoms with Crippen LogP contribution >= 0.6 is 0 Å². The third-order valence-corrected chi connectivity index (χ3v) is 8.84. The summed E-state index contributed by atoms with van der Waals surface area (Å²) in [5.74, 6) is 3.73. The molecule has 3 atom stereocenters. The second-order valence-electron chi connectivity index (χ2n) is 13.6. The topological polar surface area (TPSA) is 35.5 Å². The lowest BCUT2D eigenvalue weighted by molar-refractivity contribution is -0.128.